The highest BCUT2D eigenvalue weighted by Gasteiger charge is 2.17. The van der Waals surface area contributed by atoms with Crippen LogP contribution in [0.4, 0.5) is 0 Å². The molecule has 0 aromatic heterocycles. The predicted octanol–water partition coefficient (Wildman–Crippen LogP) is 3.57. The molecule has 154 valence electrons. The first-order chi connectivity index (χ1) is 14.2. The molecule has 0 unspecified atom stereocenters. The summed E-state index contributed by atoms with van der Waals surface area (Å²) in [6.45, 7) is 0.712. The molecule has 29 heavy (non-hydrogen) atoms. The number of nitrogens with one attached hydrogen (secondary N) is 2. The zero-order chi connectivity index (χ0) is 20.5. The van der Waals surface area contributed by atoms with Crippen molar-refractivity contribution in [3.63, 3.8) is 0 Å². The van der Waals surface area contributed by atoms with Gasteiger partial charge in [0.2, 0.25) is 0 Å². The monoisotopic (exact) mass is 396 g/mol. The van der Waals surface area contributed by atoms with E-state index >= 15 is 0 Å². The second kappa shape index (κ2) is 10.5. The molecule has 1 fully saturated rings. The maximum Gasteiger partial charge on any atom is 0.251 e. The summed E-state index contributed by atoms with van der Waals surface area (Å²) in [5.41, 5.74) is 0.975. The molecule has 2 amide bonds. The van der Waals surface area contributed by atoms with Gasteiger partial charge in [-0.1, -0.05) is 25.3 Å². The van der Waals surface area contributed by atoms with Gasteiger partial charge in [0.25, 0.3) is 11.8 Å². The van der Waals surface area contributed by atoms with Gasteiger partial charge >= 0.3 is 0 Å². The number of hydrogen-bond acceptors (Lipinski definition) is 4. The lowest BCUT2D eigenvalue weighted by Gasteiger charge is -2.22. The summed E-state index contributed by atoms with van der Waals surface area (Å²) in [5.74, 6) is 1.13. The summed E-state index contributed by atoms with van der Waals surface area (Å²) >= 11 is 0. The van der Waals surface area contributed by atoms with Crippen LogP contribution in [-0.2, 0) is 0 Å². The maximum absolute atomic E-state index is 12.5. The van der Waals surface area contributed by atoms with Gasteiger partial charge in [-0.05, 0) is 55.3 Å². The Morgan fingerprint density at radius 1 is 0.931 bits per heavy atom. The van der Waals surface area contributed by atoms with Crippen molar-refractivity contribution in [3.8, 4) is 11.5 Å². The van der Waals surface area contributed by atoms with Gasteiger partial charge in [-0.2, -0.15) is 0 Å². The number of ether oxygens (including phenoxy) is 2. The Bertz CT molecular complexity index is 814. The Morgan fingerprint density at radius 3 is 2.28 bits per heavy atom. The van der Waals surface area contributed by atoms with E-state index < -0.39 is 0 Å². The Balaban J connectivity index is 1.46. The van der Waals surface area contributed by atoms with Crippen molar-refractivity contribution >= 4 is 11.8 Å². The molecule has 0 bridgehead atoms. The van der Waals surface area contributed by atoms with Gasteiger partial charge in [-0.15, -0.1) is 0 Å². The lowest BCUT2D eigenvalue weighted by atomic mass is 9.95. The smallest absolute Gasteiger partial charge is 0.251 e. The molecule has 2 N–H and O–H groups in total. The van der Waals surface area contributed by atoms with Crippen molar-refractivity contribution in [3.05, 3.63) is 59.7 Å². The Hall–Kier alpha value is -3.02. The fourth-order valence-electron chi connectivity index (χ4n) is 3.42. The maximum atomic E-state index is 12.5. The highest BCUT2D eigenvalue weighted by Crippen LogP contribution is 2.18. The molecule has 0 saturated heterocycles. The first kappa shape index (κ1) is 20.7. The minimum atomic E-state index is -0.226. The highest BCUT2D eigenvalue weighted by atomic mass is 16.5. The van der Waals surface area contributed by atoms with Crippen LogP contribution in [0, 0.1) is 0 Å². The van der Waals surface area contributed by atoms with E-state index in [0.29, 0.717) is 30.0 Å². The second-order valence-electron chi connectivity index (χ2n) is 7.17. The summed E-state index contributed by atoms with van der Waals surface area (Å²) in [5, 5.41) is 5.90. The highest BCUT2D eigenvalue weighted by molar-refractivity contribution is 5.99. The molecule has 0 aliphatic heterocycles. The molecular formula is C23H28N2O4. The van der Waals surface area contributed by atoms with Gasteiger partial charge in [0, 0.05) is 17.2 Å². The third kappa shape index (κ3) is 6.24. The van der Waals surface area contributed by atoms with Crippen LogP contribution in [0.3, 0.4) is 0 Å². The summed E-state index contributed by atoms with van der Waals surface area (Å²) in [6.07, 6.45) is 5.61. The van der Waals surface area contributed by atoms with E-state index in [-0.39, 0.29) is 17.9 Å². The van der Waals surface area contributed by atoms with Crippen LogP contribution in [0.1, 0.15) is 52.8 Å². The van der Waals surface area contributed by atoms with Crippen LogP contribution in [0.25, 0.3) is 0 Å². The van der Waals surface area contributed by atoms with Gasteiger partial charge in [0.05, 0.1) is 13.7 Å². The zero-order valence-electron chi connectivity index (χ0n) is 16.8. The number of amides is 2. The number of hydrogen-bond donors (Lipinski definition) is 2. The molecule has 3 rings (SSSR count). The molecule has 0 spiro atoms. The minimum absolute atomic E-state index is 0.116. The molecule has 6 nitrogen and oxygen atoms in total. The molecular weight excluding hydrogens is 368 g/mol. The van der Waals surface area contributed by atoms with E-state index in [1.807, 2.05) is 24.3 Å². The van der Waals surface area contributed by atoms with Crippen LogP contribution in [0.15, 0.2) is 48.5 Å². The van der Waals surface area contributed by atoms with Crippen LogP contribution < -0.4 is 20.1 Å². The molecule has 0 radical (unpaired) electrons. The normalized spacial score (nSPS) is 14.1. The quantitative estimate of drug-likeness (QED) is 0.669. The standard InChI is InChI=1S/C23H28N2O4/c1-28-20-10-12-21(13-11-20)29-15-14-24-22(26)17-6-5-7-18(16-17)23(27)25-19-8-3-2-4-9-19/h5-7,10-13,16,19H,2-4,8-9,14-15H2,1H3,(H,24,26)(H,25,27). The number of benzene rings is 2. The molecule has 2 aromatic carbocycles. The van der Waals surface area contributed by atoms with Gasteiger partial charge in [0.1, 0.15) is 18.1 Å². The summed E-state index contributed by atoms with van der Waals surface area (Å²) in [6, 6.07) is 14.3. The van der Waals surface area contributed by atoms with Crippen LogP contribution in [0.5, 0.6) is 11.5 Å². The van der Waals surface area contributed by atoms with E-state index in [1.165, 1.54) is 6.42 Å². The Morgan fingerprint density at radius 2 is 1.59 bits per heavy atom. The average molecular weight is 396 g/mol. The lowest BCUT2D eigenvalue weighted by Crippen LogP contribution is -2.36. The van der Waals surface area contributed by atoms with Crippen LogP contribution >= 0.6 is 0 Å². The first-order valence-corrected chi connectivity index (χ1v) is 10.1. The number of carbonyl (C=O) groups excluding carboxylic acids is 2. The zero-order valence-corrected chi connectivity index (χ0v) is 16.8. The molecule has 1 aliphatic rings. The van der Waals surface area contributed by atoms with Gasteiger partial charge in [0.15, 0.2) is 0 Å². The topological polar surface area (TPSA) is 76.7 Å². The minimum Gasteiger partial charge on any atom is -0.497 e. The summed E-state index contributed by atoms with van der Waals surface area (Å²) in [4.78, 5) is 24.9. The summed E-state index contributed by atoms with van der Waals surface area (Å²) in [7, 11) is 1.61. The average Bonchev–Trinajstić information content (AvgIpc) is 2.77. The third-order valence-electron chi connectivity index (χ3n) is 5.04. The van der Waals surface area contributed by atoms with Crippen molar-refractivity contribution in [1.82, 2.24) is 10.6 Å². The van der Waals surface area contributed by atoms with E-state index in [4.69, 9.17) is 9.47 Å². The first-order valence-electron chi connectivity index (χ1n) is 10.1. The van der Waals surface area contributed by atoms with E-state index in [1.54, 1.807) is 31.4 Å². The second-order valence-corrected chi connectivity index (χ2v) is 7.17. The predicted molar refractivity (Wildman–Crippen MR) is 112 cm³/mol. The fourth-order valence-corrected chi connectivity index (χ4v) is 3.42. The number of carbonyl (C=O) groups is 2. The van der Waals surface area contributed by atoms with E-state index in [9.17, 15) is 9.59 Å². The lowest BCUT2D eigenvalue weighted by molar-refractivity contribution is 0.0927. The van der Waals surface area contributed by atoms with Crippen molar-refractivity contribution in [1.29, 1.82) is 0 Å². The van der Waals surface area contributed by atoms with E-state index in [2.05, 4.69) is 10.6 Å². The molecule has 6 heteroatoms. The van der Waals surface area contributed by atoms with Gasteiger partial charge < -0.3 is 20.1 Å². The number of methoxy groups -OCH3 is 1. The van der Waals surface area contributed by atoms with E-state index in [0.717, 1.165) is 31.4 Å². The SMILES string of the molecule is COc1ccc(OCCNC(=O)c2cccc(C(=O)NC3CCCCC3)c2)cc1. The van der Waals surface area contributed by atoms with Gasteiger partial charge in [-0.25, -0.2) is 0 Å². The van der Waals surface area contributed by atoms with Crippen LogP contribution in [0.2, 0.25) is 0 Å². The third-order valence-corrected chi connectivity index (χ3v) is 5.04. The molecule has 2 aromatic rings. The van der Waals surface area contributed by atoms with Crippen LogP contribution in [-0.4, -0.2) is 38.1 Å². The molecule has 1 saturated carbocycles. The Kier molecular flexibility index (Phi) is 7.50. The number of rotatable bonds is 8. The fraction of sp³-hybridized carbons (Fsp3) is 0.391. The van der Waals surface area contributed by atoms with Crippen molar-refractivity contribution in [2.24, 2.45) is 0 Å². The Labute approximate surface area is 171 Å². The van der Waals surface area contributed by atoms with Crippen molar-refractivity contribution in [2.75, 3.05) is 20.3 Å². The van der Waals surface area contributed by atoms with Crippen molar-refractivity contribution < 1.29 is 19.1 Å². The van der Waals surface area contributed by atoms with Gasteiger partial charge in [-0.3, -0.25) is 9.59 Å². The molecule has 1 aliphatic carbocycles. The van der Waals surface area contributed by atoms with Crippen molar-refractivity contribution in [2.45, 2.75) is 38.1 Å². The summed E-state index contributed by atoms with van der Waals surface area (Å²) < 4.78 is 10.7. The largest absolute Gasteiger partial charge is 0.497 e. The molecule has 0 atom stereocenters. The molecule has 0 heterocycles.